The van der Waals surface area contributed by atoms with Crippen LogP contribution >= 0.6 is 0 Å². The molecule has 1 aromatic carbocycles. The topological polar surface area (TPSA) is 89.3 Å². The third-order valence-electron chi connectivity index (χ3n) is 3.99. The summed E-state index contributed by atoms with van der Waals surface area (Å²) in [5.74, 6) is 0.481. The van der Waals surface area contributed by atoms with Crippen LogP contribution in [0.4, 0.5) is 0 Å². The second kappa shape index (κ2) is 6.15. The van der Waals surface area contributed by atoms with Crippen LogP contribution in [-0.2, 0) is 10.0 Å². The first-order valence-electron chi connectivity index (χ1n) is 7.21. The molecule has 1 saturated carbocycles. The lowest BCUT2D eigenvalue weighted by atomic mass is 9.87. The van der Waals surface area contributed by atoms with Crippen molar-refractivity contribution in [1.82, 2.24) is 5.32 Å². The minimum absolute atomic E-state index is 0.0232. The monoisotopic (exact) mass is 310 g/mol. The van der Waals surface area contributed by atoms with E-state index in [1.165, 1.54) is 12.1 Å². The van der Waals surface area contributed by atoms with Crippen LogP contribution in [0.15, 0.2) is 23.1 Å². The number of carbonyl (C=O) groups is 1. The average Bonchev–Trinajstić information content (AvgIpc) is 2.39. The molecule has 116 valence electrons. The van der Waals surface area contributed by atoms with Crippen LogP contribution in [0.1, 0.15) is 48.5 Å². The van der Waals surface area contributed by atoms with E-state index in [-0.39, 0.29) is 16.8 Å². The fourth-order valence-electron chi connectivity index (χ4n) is 2.72. The lowest BCUT2D eigenvalue weighted by Crippen LogP contribution is -2.37. The van der Waals surface area contributed by atoms with Crippen molar-refractivity contribution in [3.8, 4) is 0 Å². The molecule has 1 amide bonds. The molecule has 1 fully saturated rings. The van der Waals surface area contributed by atoms with Crippen molar-refractivity contribution in [3.05, 3.63) is 29.3 Å². The molecule has 0 bridgehead atoms. The second-order valence-corrected chi connectivity index (χ2v) is 7.57. The molecule has 6 heteroatoms. The van der Waals surface area contributed by atoms with E-state index < -0.39 is 10.0 Å². The van der Waals surface area contributed by atoms with Crippen molar-refractivity contribution in [3.63, 3.8) is 0 Å². The van der Waals surface area contributed by atoms with Gasteiger partial charge in [-0.1, -0.05) is 6.92 Å². The summed E-state index contributed by atoms with van der Waals surface area (Å²) in [5.41, 5.74) is 1.04. The minimum atomic E-state index is -3.80. The molecule has 0 atom stereocenters. The lowest BCUT2D eigenvalue weighted by Gasteiger charge is -2.27. The van der Waals surface area contributed by atoms with Gasteiger partial charge >= 0.3 is 0 Å². The maximum Gasteiger partial charge on any atom is 0.251 e. The molecule has 0 spiro atoms. The molecule has 0 aromatic heterocycles. The highest BCUT2D eigenvalue weighted by atomic mass is 32.2. The quantitative estimate of drug-likeness (QED) is 0.894. The zero-order valence-corrected chi connectivity index (χ0v) is 13.2. The summed E-state index contributed by atoms with van der Waals surface area (Å²) in [5, 5.41) is 8.12. The Kier molecular flexibility index (Phi) is 4.68. The number of primary sulfonamides is 1. The number of nitrogens with two attached hydrogens (primary N) is 1. The number of amides is 1. The number of aryl methyl sites for hydroxylation is 1. The lowest BCUT2D eigenvalue weighted by molar-refractivity contribution is 0.0922. The standard InChI is InChI=1S/C15H22N2O3S/c1-10-3-5-13(6-4-10)17-15(18)12-7-11(2)8-14(9-12)21(16,19)20/h7-10,13H,3-6H2,1-2H3,(H,17,18)(H2,16,19,20). The molecule has 0 saturated heterocycles. The molecule has 5 nitrogen and oxygen atoms in total. The largest absolute Gasteiger partial charge is 0.349 e. The van der Waals surface area contributed by atoms with Gasteiger partial charge in [0.15, 0.2) is 0 Å². The smallest absolute Gasteiger partial charge is 0.251 e. The zero-order chi connectivity index (χ0) is 15.6. The number of nitrogens with one attached hydrogen (secondary N) is 1. The van der Waals surface area contributed by atoms with Crippen LogP contribution in [0.25, 0.3) is 0 Å². The Balaban J connectivity index is 2.14. The van der Waals surface area contributed by atoms with Gasteiger partial charge in [0.05, 0.1) is 4.90 Å². The highest BCUT2D eigenvalue weighted by Crippen LogP contribution is 2.24. The van der Waals surface area contributed by atoms with Crippen molar-refractivity contribution in [2.75, 3.05) is 0 Å². The van der Waals surface area contributed by atoms with E-state index in [1.54, 1.807) is 13.0 Å². The third kappa shape index (κ3) is 4.28. The second-order valence-electron chi connectivity index (χ2n) is 6.01. The maximum atomic E-state index is 12.3. The highest BCUT2D eigenvalue weighted by molar-refractivity contribution is 7.89. The van der Waals surface area contributed by atoms with Crippen LogP contribution in [0.5, 0.6) is 0 Å². The summed E-state index contributed by atoms with van der Waals surface area (Å²) in [7, 11) is -3.80. The molecule has 1 aliphatic rings. The fraction of sp³-hybridized carbons (Fsp3) is 0.533. The average molecular weight is 310 g/mol. The molecule has 21 heavy (non-hydrogen) atoms. The Hall–Kier alpha value is -1.40. The Bertz CT molecular complexity index is 632. The van der Waals surface area contributed by atoms with Gasteiger partial charge in [0.2, 0.25) is 10.0 Å². The van der Waals surface area contributed by atoms with Crippen molar-refractivity contribution < 1.29 is 13.2 Å². The summed E-state index contributed by atoms with van der Waals surface area (Å²) in [4.78, 5) is 12.3. The van der Waals surface area contributed by atoms with Gasteiger partial charge < -0.3 is 5.32 Å². The number of benzene rings is 1. The first kappa shape index (κ1) is 16.0. The van der Waals surface area contributed by atoms with Gasteiger partial charge in [-0.3, -0.25) is 4.79 Å². The van der Waals surface area contributed by atoms with Crippen LogP contribution in [0, 0.1) is 12.8 Å². The maximum absolute atomic E-state index is 12.3. The van der Waals surface area contributed by atoms with Gasteiger partial charge in [0.1, 0.15) is 0 Å². The number of sulfonamides is 1. The fourth-order valence-corrected chi connectivity index (χ4v) is 3.36. The number of hydrogen-bond acceptors (Lipinski definition) is 3. The first-order chi connectivity index (χ1) is 9.75. The van der Waals surface area contributed by atoms with Gasteiger partial charge in [0.25, 0.3) is 5.91 Å². The highest BCUT2D eigenvalue weighted by Gasteiger charge is 2.21. The van der Waals surface area contributed by atoms with E-state index in [9.17, 15) is 13.2 Å². The van der Waals surface area contributed by atoms with Gasteiger partial charge in [-0.15, -0.1) is 0 Å². The van der Waals surface area contributed by atoms with E-state index in [1.807, 2.05) is 0 Å². The van der Waals surface area contributed by atoms with E-state index in [2.05, 4.69) is 12.2 Å². The summed E-state index contributed by atoms with van der Waals surface area (Å²) >= 11 is 0. The Morgan fingerprint density at radius 1 is 1.19 bits per heavy atom. The molecule has 1 aliphatic carbocycles. The summed E-state index contributed by atoms with van der Waals surface area (Å²) in [6.07, 6.45) is 4.17. The molecule has 2 rings (SSSR count). The minimum Gasteiger partial charge on any atom is -0.349 e. The Labute approximate surface area is 126 Å². The first-order valence-corrected chi connectivity index (χ1v) is 8.75. The van der Waals surface area contributed by atoms with Crippen molar-refractivity contribution in [2.45, 2.75) is 50.5 Å². The van der Waals surface area contributed by atoms with Crippen molar-refractivity contribution in [1.29, 1.82) is 0 Å². The van der Waals surface area contributed by atoms with Gasteiger partial charge in [-0.25, -0.2) is 13.6 Å². The van der Waals surface area contributed by atoms with E-state index >= 15 is 0 Å². The van der Waals surface area contributed by atoms with E-state index in [0.29, 0.717) is 17.0 Å². The summed E-state index contributed by atoms with van der Waals surface area (Å²) in [6, 6.07) is 4.65. The predicted octanol–water partition coefficient (Wildman–Crippen LogP) is 1.95. The number of carbonyl (C=O) groups excluding carboxylic acids is 1. The normalized spacial score (nSPS) is 22.8. The SMILES string of the molecule is Cc1cc(C(=O)NC2CCC(C)CC2)cc(S(N)(=O)=O)c1. The van der Waals surface area contributed by atoms with Crippen LogP contribution in [0.3, 0.4) is 0 Å². The molecule has 0 radical (unpaired) electrons. The van der Waals surface area contributed by atoms with Gasteiger partial charge in [-0.05, 0) is 62.3 Å². The molecule has 1 aromatic rings. The summed E-state index contributed by atoms with van der Waals surface area (Å²) in [6.45, 7) is 3.96. The summed E-state index contributed by atoms with van der Waals surface area (Å²) < 4.78 is 22.9. The molecular formula is C15H22N2O3S. The Morgan fingerprint density at radius 2 is 1.81 bits per heavy atom. The molecular weight excluding hydrogens is 288 g/mol. The number of hydrogen-bond donors (Lipinski definition) is 2. The number of rotatable bonds is 3. The van der Waals surface area contributed by atoms with Gasteiger partial charge in [0, 0.05) is 11.6 Å². The third-order valence-corrected chi connectivity index (χ3v) is 4.89. The zero-order valence-electron chi connectivity index (χ0n) is 12.4. The van der Waals surface area contributed by atoms with E-state index in [4.69, 9.17) is 5.14 Å². The molecule has 0 aliphatic heterocycles. The van der Waals surface area contributed by atoms with E-state index in [0.717, 1.165) is 25.7 Å². The Morgan fingerprint density at radius 3 is 2.38 bits per heavy atom. The van der Waals surface area contributed by atoms with Crippen LogP contribution in [-0.4, -0.2) is 20.4 Å². The molecule has 0 unspecified atom stereocenters. The van der Waals surface area contributed by atoms with Crippen LogP contribution < -0.4 is 10.5 Å². The van der Waals surface area contributed by atoms with Crippen molar-refractivity contribution >= 4 is 15.9 Å². The van der Waals surface area contributed by atoms with Crippen LogP contribution in [0.2, 0.25) is 0 Å². The van der Waals surface area contributed by atoms with Gasteiger partial charge in [-0.2, -0.15) is 0 Å². The van der Waals surface area contributed by atoms with Crippen molar-refractivity contribution in [2.24, 2.45) is 11.1 Å². The molecule has 3 N–H and O–H groups in total. The predicted molar refractivity (Wildman–Crippen MR) is 81.4 cm³/mol. The molecule has 0 heterocycles.